The minimum absolute atomic E-state index is 0.0165. The minimum Gasteiger partial charge on any atom is -0.507 e. The summed E-state index contributed by atoms with van der Waals surface area (Å²) < 4.78 is 0. The molecule has 0 saturated carbocycles. The van der Waals surface area contributed by atoms with Crippen LogP contribution in [-0.2, 0) is 9.59 Å². The summed E-state index contributed by atoms with van der Waals surface area (Å²) in [6.45, 7) is 2.20. The normalized spacial score (nSPS) is 10.5. The van der Waals surface area contributed by atoms with Crippen molar-refractivity contribution in [1.29, 1.82) is 0 Å². The predicted octanol–water partition coefficient (Wildman–Crippen LogP) is 1.60. The second-order valence-electron chi connectivity index (χ2n) is 7.11. The van der Waals surface area contributed by atoms with Crippen molar-refractivity contribution in [1.82, 2.24) is 16.3 Å². The van der Waals surface area contributed by atoms with E-state index in [1.54, 1.807) is 29.2 Å². The Bertz CT molecular complexity index is 1070. The second kappa shape index (κ2) is 12.7. The van der Waals surface area contributed by atoms with Gasteiger partial charge in [0.15, 0.2) is 0 Å². The lowest BCUT2D eigenvalue weighted by Gasteiger charge is -2.24. The molecule has 0 aromatic heterocycles. The van der Waals surface area contributed by atoms with E-state index in [0.717, 1.165) is 11.1 Å². The second-order valence-corrected chi connectivity index (χ2v) is 7.52. The van der Waals surface area contributed by atoms with Gasteiger partial charge in [-0.1, -0.05) is 18.2 Å². The van der Waals surface area contributed by atoms with E-state index in [9.17, 15) is 19.5 Å². The molecule has 1 amide bonds. The van der Waals surface area contributed by atoms with Crippen molar-refractivity contribution in [2.75, 3.05) is 18.0 Å². The molecule has 2 aromatic carbocycles. The van der Waals surface area contributed by atoms with Crippen LogP contribution in [0.1, 0.15) is 34.3 Å². The zero-order valence-corrected chi connectivity index (χ0v) is 19.1. The summed E-state index contributed by atoms with van der Waals surface area (Å²) in [6.07, 6.45) is 1.28. The number of thiocarbonyl (C=S) groups is 1. The number of carboxylic acid groups (broad SMARTS) is 2. The van der Waals surface area contributed by atoms with Crippen LogP contribution >= 0.6 is 12.2 Å². The number of aromatic hydroxyl groups is 1. The van der Waals surface area contributed by atoms with Gasteiger partial charge in [-0.3, -0.25) is 30.7 Å². The summed E-state index contributed by atoms with van der Waals surface area (Å²) in [7, 11) is 0. The number of nitrogens with one attached hydrogen (secondary N) is 3. The van der Waals surface area contributed by atoms with Crippen LogP contribution in [0.25, 0.3) is 0 Å². The number of carboxylic acids is 2. The maximum atomic E-state index is 12.0. The summed E-state index contributed by atoms with van der Waals surface area (Å²) in [5.74, 6) is -2.67. The molecule has 34 heavy (non-hydrogen) atoms. The number of carbonyl (C=O) groups is 3. The highest BCUT2D eigenvalue weighted by molar-refractivity contribution is 7.80. The number of benzene rings is 2. The maximum Gasteiger partial charge on any atom is 0.305 e. The van der Waals surface area contributed by atoms with Gasteiger partial charge >= 0.3 is 11.9 Å². The number of hydrazone groups is 1. The van der Waals surface area contributed by atoms with Crippen LogP contribution in [0.5, 0.6) is 5.75 Å². The molecule has 0 aliphatic carbocycles. The fraction of sp³-hybridized carbons (Fsp3) is 0.227. The van der Waals surface area contributed by atoms with Crippen LogP contribution in [0.15, 0.2) is 47.6 Å². The van der Waals surface area contributed by atoms with Crippen LogP contribution in [0.4, 0.5) is 5.69 Å². The van der Waals surface area contributed by atoms with E-state index in [1.165, 1.54) is 18.3 Å². The van der Waals surface area contributed by atoms with E-state index in [0.29, 0.717) is 5.69 Å². The molecular formula is C22H25N5O6S. The first-order chi connectivity index (χ1) is 16.2. The Hall–Kier alpha value is -4.19. The molecule has 0 spiro atoms. The summed E-state index contributed by atoms with van der Waals surface area (Å²) >= 11 is 5.04. The topological polar surface area (TPSA) is 164 Å². The molecule has 0 aliphatic rings. The van der Waals surface area contributed by atoms with Gasteiger partial charge in [-0.15, -0.1) is 0 Å². The standard InChI is InChI=1S/C22H25N5O6S/c1-14-12-16(27(10-8-19(29)30)11-9-20(31)32)7-6-15(14)13-23-25-22(34)26-24-21(33)17-4-2-3-5-18(17)28/h2-7,12-13,28H,8-11H2,1H3,(H,24,33)(H,29,30)(H,31,32)(H2,25,26,34). The number of rotatable bonds is 10. The van der Waals surface area contributed by atoms with Gasteiger partial charge in [0.1, 0.15) is 5.75 Å². The fourth-order valence-corrected chi connectivity index (χ4v) is 2.97. The van der Waals surface area contributed by atoms with Crippen molar-refractivity contribution in [2.45, 2.75) is 19.8 Å². The molecule has 6 N–H and O–H groups in total. The third-order valence-electron chi connectivity index (χ3n) is 4.62. The van der Waals surface area contributed by atoms with Crippen molar-refractivity contribution >= 4 is 47.1 Å². The lowest BCUT2D eigenvalue weighted by atomic mass is 10.1. The molecule has 0 heterocycles. The Balaban J connectivity index is 1.94. The molecule has 2 aromatic rings. The van der Waals surface area contributed by atoms with Gasteiger partial charge in [-0.25, -0.2) is 0 Å². The number of carbonyl (C=O) groups excluding carboxylic acids is 1. The number of aryl methyl sites for hydroxylation is 1. The van der Waals surface area contributed by atoms with Gasteiger partial charge in [0.05, 0.1) is 24.6 Å². The highest BCUT2D eigenvalue weighted by atomic mass is 32.1. The van der Waals surface area contributed by atoms with Gasteiger partial charge in [0.2, 0.25) is 5.11 Å². The zero-order chi connectivity index (χ0) is 25.1. The maximum absolute atomic E-state index is 12.0. The molecule has 0 fully saturated rings. The van der Waals surface area contributed by atoms with Gasteiger partial charge < -0.3 is 20.2 Å². The number of aliphatic carboxylic acids is 2. The van der Waals surface area contributed by atoms with Crippen molar-refractivity contribution < 1.29 is 29.7 Å². The van der Waals surface area contributed by atoms with Crippen molar-refractivity contribution in [3.63, 3.8) is 0 Å². The summed E-state index contributed by atoms with van der Waals surface area (Å²) in [5.41, 5.74) is 9.72. The first kappa shape index (κ1) is 26.1. The third-order valence-corrected chi connectivity index (χ3v) is 4.81. The Morgan fingerprint density at radius 2 is 1.68 bits per heavy atom. The molecule has 0 unspecified atom stereocenters. The molecule has 0 aliphatic heterocycles. The molecule has 0 atom stereocenters. The van der Waals surface area contributed by atoms with E-state index < -0.39 is 17.8 Å². The summed E-state index contributed by atoms with van der Waals surface area (Å²) in [5, 5.41) is 31.6. The van der Waals surface area contributed by atoms with Gasteiger partial charge in [-0.05, 0) is 54.5 Å². The average molecular weight is 488 g/mol. The van der Waals surface area contributed by atoms with E-state index in [-0.39, 0.29) is 42.4 Å². The Labute approximate surface area is 201 Å². The molecule has 12 heteroatoms. The SMILES string of the molecule is Cc1cc(N(CCC(=O)O)CCC(=O)O)ccc1C=NNC(=S)NNC(=O)c1ccccc1O. The Kier molecular flexibility index (Phi) is 9.77. The van der Waals surface area contributed by atoms with E-state index in [4.69, 9.17) is 22.4 Å². The monoisotopic (exact) mass is 487 g/mol. The molecular weight excluding hydrogens is 462 g/mol. The number of amides is 1. The van der Waals surface area contributed by atoms with Crippen molar-refractivity contribution in [3.8, 4) is 5.75 Å². The lowest BCUT2D eigenvalue weighted by Crippen LogP contribution is -2.45. The van der Waals surface area contributed by atoms with Crippen LogP contribution in [0.2, 0.25) is 0 Å². The smallest absolute Gasteiger partial charge is 0.305 e. The number of para-hydroxylation sites is 1. The molecule has 11 nitrogen and oxygen atoms in total. The third kappa shape index (κ3) is 8.39. The Morgan fingerprint density at radius 3 is 2.26 bits per heavy atom. The predicted molar refractivity (Wildman–Crippen MR) is 130 cm³/mol. The molecule has 0 radical (unpaired) electrons. The van der Waals surface area contributed by atoms with E-state index in [2.05, 4.69) is 21.4 Å². The van der Waals surface area contributed by atoms with Crippen LogP contribution in [0, 0.1) is 6.92 Å². The number of phenolic OH excluding ortho intramolecular Hbond substituents is 1. The molecule has 2 rings (SSSR count). The van der Waals surface area contributed by atoms with E-state index >= 15 is 0 Å². The Morgan fingerprint density at radius 1 is 1.03 bits per heavy atom. The molecule has 180 valence electrons. The summed E-state index contributed by atoms with van der Waals surface area (Å²) in [4.78, 5) is 35.6. The van der Waals surface area contributed by atoms with Gasteiger partial charge in [0, 0.05) is 18.8 Å². The summed E-state index contributed by atoms with van der Waals surface area (Å²) in [6, 6.07) is 11.4. The van der Waals surface area contributed by atoms with E-state index in [1.807, 2.05) is 13.0 Å². The van der Waals surface area contributed by atoms with Crippen molar-refractivity contribution in [3.05, 3.63) is 59.2 Å². The minimum atomic E-state index is -0.965. The quantitative estimate of drug-likeness (QED) is 0.165. The first-order valence-electron chi connectivity index (χ1n) is 10.1. The largest absolute Gasteiger partial charge is 0.507 e. The average Bonchev–Trinajstić information content (AvgIpc) is 2.78. The van der Waals surface area contributed by atoms with Crippen LogP contribution in [0.3, 0.4) is 0 Å². The highest BCUT2D eigenvalue weighted by Gasteiger charge is 2.12. The number of nitrogens with zero attached hydrogens (tertiary/aromatic N) is 2. The number of hydrogen-bond acceptors (Lipinski definition) is 7. The van der Waals surface area contributed by atoms with Gasteiger partial charge in [-0.2, -0.15) is 5.10 Å². The highest BCUT2D eigenvalue weighted by Crippen LogP contribution is 2.19. The number of anilines is 1. The molecule has 0 saturated heterocycles. The number of phenols is 1. The van der Waals surface area contributed by atoms with Crippen LogP contribution in [-0.4, -0.2) is 57.6 Å². The van der Waals surface area contributed by atoms with Crippen LogP contribution < -0.4 is 21.2 Å². The zero-order valence-electron chi connectivity index (χ0n) is 18.3. The number of hydrazine groups is 1. The van der Waals surface area contributed by atoms with Gasteiger partial charge in [0.25, 0.3) is 5.91 Å². The fourth-order valence-electron chi connectivity index (χ4n) is 2.87. The number of hydrogen-bond donors (Lipinski definition) is 6. The first-order valence-corrected chi connectivity index (χ1v) is 10.5. The molecule has 0 bridgehead atoms. The lowest BCUT2D eigenvalue weighted by molar-refractivity contribution is -0.137. The van der Waals surface area contributed by atoms with Crippen molar-refractivity contribution in [2.24, 2.45) is 5.10 Å².